The van der Waals surface area contributed by atoms with Gasteiger partial charge in [0, 0.05) is 11.6 Å². The second-order valence-corrected chi connectivity index (χ2v) is 2.07. The molecule has 0 saturated heterocycles. The average molecular weight is 146 g/mol. The minimum absolute atomic E-state index is 0.267. The van der Waals surface area contributed by atoms with Crippen molar-refractivity contribution in [2.75, 3.05) is 0 Å². The Balaban J connectivity index is 2.94. The predicted octanol–water partition coefficient (Wildman–Crippen LogP) is 0.118. The Morgan fingerprint density at radius 3 is 3.36 bits per heavy atom. The van der Waals surface area contributed by atoms with Gasteiger partial charge in [0.15, 0.2) is 0 Å². The van der Waals surface area contributed by atoms with E-state index in [0.717, 1.165) is 5.39 Å². The zero-order valence-electron chi connectivity index (χ0n) is 5.53. The molecule has 2 aromatic rings. The van der Waals surface area contributed by atoms with E-state index in [1.54, 1.807) is 12.3 Å². The Kier molecular flexibility index (Phi) is 1.18. The Morgan fingerprint density at radius 2 is 2.45 bits per heavy atom. The van der Waals surface area contributed by atoms with Crippen molar-refractivity contribution >= 4 is 11.0 Å². The van der Waals surface area contributed by atoms with Crippen LogP contribution >= 0.6 is 0 Å². The van der Waals surface area contributed by atoms with E-state index in [-0.39, 0.29) is 5.56 Å². The lowest BCUT2D eigenvalue weighted by Crippen LogP contribution is -2.04. The highest BCUT2D eigenvalue weighted by molar-refractivity contribution is 5.72. The molecule has 53 valence electrons. The van der Waals surface area contributed by atoms with Crippen LogP contribution in [0.25, 0.3) is 11.0 Å². The zero-order chi connectivity index (χ0) is 7.68. The van der Waals surface area contributed by atoms with Gasteiger partial charge in [0.2, 0.25) is 0 Å². The zero-order valence-corrected chi connectivity index (χ0v) is 5.53. The number of H-pyrrole nitrogens is 1. The molecule has 11 heavy (non-hydrogen) atoms. The van der Waals surface area contributed by atoms with Crippen LogP contribution in [0, 0.1) is 6.07 Å². The summed E-state index contributed by atoms with van der Waals surface area (Å²) in [7, 11) is 0. The van der Waals surface area contributed by atoms with Crippen molar-refractivity contribution in [2.45, 2.75) is 0 Å². The number of aromatic amines is 1. The Morgan fingerprint density at radius 1 is 1.55 bits per heavy atom. The van der Waals surface area contributed by atoms with Crippen LogP contribution in [0.3, 0.4) is 0 Å². The van der Waals surface area contributed by atoms with Crippen LogP contribution in [0.2, 0.25) is 0 Å². The fourth-order valence-corrected chi connectivity index (χ4v) is 0.837. The largest absolute Gasteiger partial charge is 0.306 e. The molecule has 0 saturated carbocycles. The van der Waals surface area contributed by atoms with E-state index in [1.807, 2.05) is 0 Å². The maximum atomic E-state index is 10.7. The molecule has 0 spiro atoms. The van der Waals surface area contributed by atoms with Crippen LogP contribution < -0.4 is 5.56 Å². The number of pyridine rings is 1. The second-order valence-electron chi connectivity index (χ2n) is 2.07. The van der Waals surface area contributed by atoms with E-state index in [2.05, 4.69) is 21.0 Å². The minimum atomic E-state index is -0.267. The highest BCUT2D eigenvalue weighted by Crippen LogP contribution is 2.00. The highest BCUT2D eigenvalue weighted by Gasteiger charge is 1.92. The van der Waals surface area contributed by atoms with Crippen LogP contribution in [0.5, 0.6) is 0 Å². The number of fused-ring (bicyclic) bond motifs is 1. The topological polar surface area (TPSA) is 58.6 Å². The lowest BCUT2D eigenvalue weighted by molar-refractivity contribution is 1.16. The fraction of sp³-hybridized carbons (Fsp3) is 0. The summed E-state index contributed by atoms with van der Waals surface area (Å²) in [6.45, 7) is 0. The van der Waals surface area contributed by atoms with Crippen molar-refractivity contribution in [3.8, 4) is 0 Å². The van der Waals surface area contributed by atoms with E-state index >= 15 is 0 Å². The molecule has 1 radical (unpaired) electrons. The molecule has 0 aromatic carbocycles. The molecule has 1 N–H and O–H groups in total. The SMILES string of the molecule is O=c1[c]cc2cncnc2[nH]1. The minimum Gasteiger partial charge on any atom is -0.306 e. The summed E-state index contributed by atoms with van der Waals surface area (Å²) in [4.78, 5) is 20.9. The summed E-state index contributed by atoms with van der Waals surface area (Å²) in [5, 5.41) is 0.784. The maximum absolute atomic E-state index is 10.7. The molecule has 2 heterocycles. The van der Waals surface area contributed by atoms with Crippen molar-refractivity contribution in [2.24, 2.45) is 0 Å². The summed E-state index contributed by atoms with van der Waals surface area (Å²) in [6.07, 6.45) is 3.01. The standard InChI is InChI=1S/C7H4N3O/c11-6-2-1-5-3-8-4-9-7(5)10-6/h1,3-4H,(H,8,9,10,11). The molecule has 0 aliphatic heterocycles. The first-order chi connectivity index (χ1) is 5.36. The van der Waals surface area contributed by atoms with Crippen molar-refractivity contribution in [3.05, 3.63) is 35.0 Å². The highest BCUT2D eigenvalue weighted by atomic mass is 16.1. The van der Waals surface area contributed by atoms with Gasteiger partial charge in [0.1, 0.15) is 12.0 Å². The van der Waals surface area contributed by atoms with Crippen LogP contribution in [0.1, 0.15) is 0 Å². The molecule has 4 heteroatoms. The number of nitrogens with zero attached hydrogens (tertiary/aromatic N) is 2. The lowest BCUT2D eigenvalue weighted by Gasteiger charge is -1.90. The maximum Gasteiger partial charge on any atom is 0.257 e. The fourth-order valence-electron chi connectivity index (χ4n) is 0.837. The first kappa shape index (κ1) is 6.03. The molecular formula is C7H4N3O. The normalized spacial score (nSPS) is 10.2. The van der Waals surface area contributed by atoms with E-state index in [4.69, 9.17) is 0 Å². The van der Waals surface area contributed by atoms with Gasteiger partial charge < -0.3 is 4.98 Å². The molecule has 0 bridgehead atoms. The Labute approximate surface area is 61.9 Å². The summed E-state index contributed by atoms with van der Waals surface area (Å²) in [6, 6.07) is 4.05. The number of hydrogen-bond donors (Lipinski definition) is 1. The third kappa shape index (κ3) is 0.980. The van der Waals surface area contributed by atoms with Gasteiger partial charge in [-0.3, -0.25) is 4.79 Å². The van der Waals surface area contributed by atoms with E-state index < -0.39 is 0 Å². The number of hydrogen-bond acceptors (Lipinski definition) is 3. The summed E-state index contributed by atoms with van der Waals surface area (Å²) < 4.78 is 0. The van der Waals surface area contributed by atoms with E-state index in [9.17, 15) is 4.79 Å². The van der Waals surface area contributed by atoms with Gasteiger partial charge >= 0.3 is 0 Å². The Hall–Kier alpha value is -1.71. The quantitative estimate of drug-likeness (QED) is 0.574. The molecule has 4 nitrogen and oxygen atoms in total. The van der Waals surface area contributed by atoms with Gasteiger partial charge in [0.05, 0.1) is 6.07 Å². The summed E-state index contributed by atoms with van der Waals surface area (Å²) in [5.74, 6) is 0. The summed E-state index contributed by atoms with van der Waals surface area (Å²) in [5.41, 5.74) is 0.278. The van der Waals surface area contributed by atoms with E-state index in [1.165, 1.54) is 6.33 Å². The molecule has 0 aliphatic rings. The van der Waals surface area contributed by atoms with Gasteiger partial charge in [-0.2, -0.15) is 0 Å². The van der Waals surface area contributed by atoms with Gasteiger partial charge in [0.25, 0.3) is 5.56 Å². The summed E-state index contributed by atoms with van der Waals surface area (Å²) >= 11 is 0. The molecule has 2 rings (SSSR count). The monoisotopic (exact) mass is 146 g/mol. The van der Waals surface area contributed by atoms with Crippen molar-refractivity contribution in [1.82, 2.24) is 15.0 Å². The molecular weight excluding hydrogens is 142 g/mol. The predicted molar refractivity (Wildman–Crippen MR) is 39.0 cm³/mol. The van der Waals surface area contributed by atoms with Crippen LogP contribution in [-0.2, 0) is 0 Å². The third-order valence-corrected chi connectivity index (χ3v) is 1.33. The number of aromatic nitrogens is 3. The first-order valence-corrected chi connectivity index (χ1v) is 3.07. The van der Waals surface area contributed by atoms with Crippen LogP contribution in [0.4, 0.5) is 0 Å². The molecule has 0 fully saturated rings. The van der Waals surface area contributed by atoms with Crippen molar-refractivity contribution in [1.29, 1.82) is 0 Å². The molecule has 0 amide bonds. The first-order valence-electron chi connectivity index (χ1n) is 3.07. The second kappa shape index (κ2) is 2.16. The molecule has 2 aromatic heterocycles. The number of rotatable bonds is 0. The van der Waals surface area contributed by atoms with Gasteiger partial charge in [-0.05, 0) is 6.07 Å². The van der Waals surface area contributed by atoms with Crippen LogP contribution in [-0.4, -0.2) is 15.0 Å². The molecule has 0 unspecified atom stereocenters. The van der Waals surface area contributed by atoms with Crippen LogP contribution in [0.15, 0.2) is 23.4 Å². The van der Waals surface area contributed by atoms with Gasteiger partial charge in [-0.1, -0.05) is 0 Å². The van der Waals surface area contributed by atoms with Crippen molar-refractivity contribution < 1.29 is 0 Å². The lowest BCUT2D eigenvalue weighted by atomic mass is 10.3. The smallest absolute Gasteiger partial charge is 0.257 e. The third-order valence-electron chi connectivity index (χ3n) is 1.33. The molecule has 0 atom stereocenters. The molecule has 0 aliphatic carbocycles. The number of nitrogens with one attached hydrogen (secondary N) is 1. The van der Waals surface area contributed by atoms with Gasteiger partial charge in [-0.15, -0.1) is 0 Å². The van der Waals surface area contributed by atoms with Crippen molar-refractivity contribution in [3.63, 3.8) is 0 Å². The average Bonchev–Trinajstić information content (AvgIpc) is 2.04. The van der Waals surface area contributed by atoms with Gasteiger partial charge in [-0.25, -0.2) is 9.97 Å². The van der Waals surface area contributed by atoms with E-state index in [0.29, 0.717) is 5.65 Å². The Bertz CT molecular complexity index is 435.